The van der Waals surface area contributed by atoms with E-state index in [2.05, 4.69) is 19.4 Å². The predicted octanol–water partition coefficient (Wildman–Crippen LogP) is 1.21. The van der Waals surface area contributed by atoms with Crippen molar-refractivity contribution in [3.8, 4) is 0 Å². The summed E-state index contributed by atoms with van der Waals surface area (Å²) in [6.07, 6.45) is 2.74. The van der Waals surface area contributed by atoms with Gasteiger partial charge in [-0.2, -0.15) is 0 Å². The first-order valence-corrected chi connectivity index (χ1v) is 7.93. The molecule has 2 unspecified atom stereocenters. The molecule has 2 atom stereocenters. The van der Waals surface area contributed by atoms with Crippen LogP contribution in [-0.2, 0) is 19.6 Å². The summed E-state index contributed by atoms with van der Waals surface area (Å²) in [6, 6.07) is 1.31. The maximum atomic E-state index is 12.3. The number of hydrogen-bond acceptors (Lipinski definition) is 6. The number of esters is 1. The lowest BCUT2D eigenvalue weighted by Gasteiger charge is -2.18. The van der Waals surface area contributed by atoms with Crippen LogP contribution in [0.15, 0.2) is 12.4 Å². The van der Waals surface area contributed by atoms with Gasteiger partial charge in [-0.05, 0) is 12.8 Å². The molecule has 0 spiro atoms. The van der Waals surface area contributed by atoms with E-state index in [-0.39, 0.29) is 11.0 Å². The standard InChI is InChI=1S/C11H14ClN3O4S/c1-19-11(16)7-3-2-4-8(7)20(17,18)15-10-5-9(12)13-6-14-10/h5-8H,2-4H2,1H3,(H,13,14,15). The molecule has 1 fully saturated rings. The molecular weight excluding hydrogens is 306 g/mol. The van der Waals surface area contributed by atoms with Gasteiger partial charge in [-0.3, -0.25) is 9.52 Å². The van der Waals surface area contributed by atoms with Crippen molar-refractivity contribution in [3.63, 3.8) is 0 Å². The molecule has 0 aromatic carbocycles. The monoisotopic (exact) mass is 319 g/mol. The van der Waals surface area contributed by atoms with E-state index in [4.69, 9.17) is 11.6 Å². The van der Waals surface area contributed by atoms with Crippen molar-refractivity contribution in [1.29, 1.82) is 0 Å². The van der Waals surface area contributed by atoms with Gasteiger partial charge in [0.15, 0.2) is 0 Å². The van der Waals surface area contributed by atoms with Gasteiger partial charge in [0.05, 0.1) is 18.3 Å². The summed E-state index contributed by atoms with van der Waals surface area (Å²) in [6.45, 7) is 0. The quantitative estimate of drug-likeness (QED) is 0.661. The SMILES string of the molecule is COC(=O)C1CCCC1S(=O)(=O)Nc1cc(Cl)ncn1. The fourth-order valence-corrected chi connectivity index (χ4v) is 4.19. The topological polar surface area (TPSA) is 98.2 Å². The number of nitrogens with zero attached hydrogens (tertiary/aromatic N) is 2. The van der Waals surface area contributed by atoms with Gasteiger partial charge in [0.2, 0.25) is 10.0 Å². The minimum Gasteiger partial charge on any atom is -0.469 e. The minimum atomic E-state index is -3.73. The number of carbonyl (C=O) groups excluding carboxylic acids is 1. The summed E-state index contributed by atoms with van der Waals surface area (Å²) >= 11 is 5.67. The van der Waals surface area contributed by atoms with Gasteiger partial charge in [-0.1, -0.05) is 18.0 Å². The third-order valence-electron chi connectivity index (χ3n) is 3.24. The van der Waals surface area contributed by atoms with E-state index < -0.39 is 27.2 Å². The predicted molar refractivity (Wildman–Crippen MR) is 72.7 cm³/mol. The Labute approximate surface area is 121 Å². The second kappa shape index (κ2) is 5.92. The zero-order chi connectivity index (χ0) is 14.8. The van der Waals surface area contributed by atoms with Gasteiger partial charge in [-0.15, -0.1) is 0 Å². The smallest absolute Gasteiger partial charge is 0.310 e. The number of ether oxygens (including phenoxy) is 1. The molecule has 7 nitrogen and oxygen atoms in total. The van der Waals surface area contributed by atoms with Gasteiger partial charge in [0.25, 0.3) is 0 Å². The molecular formula is C11H14ClN3O4S. The van der Waals surface area contributed by atoms with Crippen molar-refractivity contribution in [2.75, 3.05) is 11.8 Å². The van der Waals surface area contributed by atoms with Crippen LogP contribution in [0.2, 0.25) is 5.15 Å². The summed E-state index contributed by atoms with van der Waals surface area (Å²) in [7, 11) is -2.48. The van der Waals surface area contributed by atoms with Crippen LogP contribution in [-0.4, -0.2) is 36.7 Å². The second-order valence-corrected chi connectivity index (χ2v) is 6.76. The molecule has 0 aliphatic heterocycles. The van der Waals surface area contributed by atoms with Crippen LogP contribution in [0.5, 0.6) is 0 Å². The fraction of sp³-hybridized carbons (Fsp3) is 0.545. The maximum absolute atomic E-state index is 12.3. The first kappa shape index (κ1) is 15.0. The zero-order valence-electron chi connectivity index (χ0n) is 10.7. The van der Waals surface area contributed by atoms with Crippen LogP contribution in [0.25, 0.3) is 0 Å². The van der Waals surface area contributed by atoms with Crippen molar-refractivity contribution < 1.29 is 17.9 Å². The van der Waals surface area contributed by atoms with Crippen molar-refractivity contribution in [2.45, 2.75) is 24.5 Å². The normalized spacial score (nSPS) is 22.5. The van der Waals surface area contributed by atoms with Crippen LogP contribution < -0.4 is 4.72 Å². The molecule has 1 aliphatic carbocycles. The highest BCUT2D eigenvalue weighted by Gasteiger charge is 2.42. The van der Waals surface area contributed by atoms with E-state index >= 15 is 0 Å². The lowest BCUT2D eigenvalue weighted by atomic mass is 10.1. The Bertz CT molecular complexity index is 607. The number of rotatable bonds is 4. The Hall–Kier alpha value is -1.41. The zero-order valence-corrected chi connectivity index (χ0v) is 12.3. The summed E-state index contributed by atoms with van der Waals surface area (Å²) < 4.78 is 31.6. The van der Waals surface area contributed by atoms with Crippen molar-refractivity contribution in [1.82, 2.24) is 9.97 Å². The van der Waals surface area contributed by atoms with Gasteiger partial charge in [0, 0.05) is 6.07 Å². The van der Waals surface area contributed by atoms with Crippen molar-refractivity contribution in [3.05, 3.63) is 17.5 Å². The molecule has 1 aliphatic rings. The number of carbonyl (C=O) groups is 1. The molecule has 2 rings (SSSR count). The largest absolute Gasteiger partial charge is 0.469 e. The van der Waals surface area contributed by atoms with Gasteiger partial charge in [0.1, 0.15) is 17.3 Å². The van der Waals surface area contributed by atoms with E-state index in [1.807, 2.05) is 0 Å². The summed E-state index contributed by atoms with van der Waals surface area (Å²) in [5.41, 5.74) is 0. The average molecular weight is 320 g/mol. The molecule has 1 saturated carbocycles. The van der Waals surface area contributed by atoms with Gasteiger partial charge in [-0.25, -0.2) is 18.4 Å². The Morgan fingerprint density at radius 2 is 2.20 bits per heavy atom. The average Bonchev–Trinajstić information content (AvgIpc) is 2.87. The lowest BCUT2D eigenvalue weighted by Crippen LogP contribution is -2.35. The van der Waals surface area contributed by atoms with E-state index in [0.717, 1.165) is 6.33 Å². The molecule has 110 valence electrons. The highest BCUT2D eigenvalue weighted by Crippen LogP contribution is 2.32. The van der Waals surface area contributed by atoms with E-state index in [1.54, 1.807) is 0 Å². The first-order valence-electron chi connectivity index (χ1n) is 6.01. The Morgan fingerprint density at radius 1 is 1.45 bits per heavy atom. The first-order chi connectivity index (χ1) is 9.44. The number of anilines is 1. The number of aromatic nitrogens is 2. The maximum Gasteiger partial charge on any atom is 0.310 e. The Morgan fingerprint density at radius 3 is 2.85 bits per heavy atom. The van der Waals surface area contributed by atoms with Crippen LogP contribution in [0.4, 0.5) is 5.82 Å². The molecule has 1 N–H and O–H groups in total. The minimum absolute atomic E-state index is 0.0838. The Kier molecular flexibility index (Phi) is 4.44. The molecule has 0 radical (unpaired) electrons. The number of methoxy groups -OCH3 is 1. The summed E-state index contributed by atoms with van der Waals surface area (Å²) in [5, 5.41) is -0.683. The summed E-state index contributed by atoms with van der Waals surface area (Å²) in [4.78, 5) is 19.1. The second-order valence-electron chi connectivity index (χ2n) is 4.47. The lowest BCUT2D eigenvalue weighted by molar-refractivity contribution is -0.145. The third-order valence-corrected chi connectivity index (χ3v) is 5.30. The third kappa shape index (κ3) is 3.18. The van der Waals surface area contributed by atoms with Gasteiger partial charge < -0.3 is 4.74 Å². The highest BCUT2D eigenvalue weighted by atomic mass is 35.5. The molecule has 1 aromatic rings. The number of hydrogen-bond donors (Lipinski definition) is 1. The Balaban J connectivity index is 2.19. The molecule has 9 heteroatoms. The molecule has 0 amide bonds. The molecule has 0 saturated heterocycles. The van der Waals surface area contributed by atoms with Crippen molar-refractivity contribution in [2.24, 2.45) is 5.92 Å². The highest BCUT2D eigenvalue weighted by molar-refractivity contribution is 7.93. The van der Waals surface area contributed by atoms with E-state index in [1.165, 1.54) is 13.2 Å². The molecule has 20 heavy (non-hydrogen) atoms. The number of nitrogens with one attached hydrogen (secondary N) is 1. The number of halogens is 1. The van der Waals surface area contributed by atoms with Crippen LogP contribution in [0.1, 0.15) is 19.3 Å². The molecule has 1 heterocycles. The van der Waals surface area contributed by atoms with Crippen LogP contribution in [0.3, 0.4) is 0 Å². The van der Waals surface area contributed by atoms with Crippen LogP contribution >= 0.6 is 11.6 Å². The van der Waals surface area contributed by atoms with Crippen LogP contribution in [0, 0.1) is 5.92 Å². The molecule has 0 bridgehead atoms. The van der Waals surface area contributed by atoms with Gasteiger partial charge >= 0.3 is 5.97 Å². The van der Waals surface area contributed by atoms with Crippen molar-refractivity contribution >= 4 is 33.4 Å². The number of sulfonamides is 1. The van der Waals surface area contributed by atoms with E-state index in [0.29, 0.717) is 19.3 Å². The summed E-state index contributed by atoms with van der Waals surface area (Å²) in [5.74, 6) is -1.06. The fourth-order valence-electron chi connectivity index (χ4n) is 2.33. The molecule has 1 aromatic heterocycles. The van der Waals surface area contributed by atoms with E-state index in [9.17, 15) is 13.2 Å².